The number of ether oxygens (including phenoxy) is 3. The molecule has 0 spiro atoms. The Morgan fingerprint density at radius 2 is 1.75 bits per heavy atom. The molecule has 3 atom stereocenters. The molecule has 0 bridgehead atoms. The lowest BCUT2D eigenvalue weighted by atomic mass is 9.98. The first kappa shape index (κ1) is 19.4. The molecule has 0 radical (unpaired) electrons. The Morgan fingerprint density at radius 3 is 2.15 bits per heavy atom. The number of methoxy groups -OCH3 is 1. The fraction of sp³-hybridized carbons (Fsp3) is 0.938. The summed E-state index contributed by atoms with van der Waals surface area (Å²) in [6.45, 7) is 12.3. The van der Waals surface area contributed by atoms with Gasteiger partial charge in [0, 0.05) is 7.11 Å². The molecule has 0 aliphatic carbocycles. The third-order valence-corrected chi connectivity index (χ3v) is 3.26. The van der Waals surface area contributed by atoms with Crippen LogP contribution in [-0.4, -0.2) is 37.5 Å². The maximum absolute atomic E-state index is 12.1. The number of carbonyl (C=O) groups excluding carboxylic acids is 1. The van der Waals surface area contributed by atoms with Gasteiger partial charge in [-0.15, -0.1) is 0 Å². The standard InChI is InChI=1S/C16H32O4/c1-8-12(3)19-11-14(18-7)10-13(9-2)15(17)20-16(4,5)6/h12-14H,8-11H2,1-7H3/t12-,13?,14?/m1/s1. The van der Waals surface area contributed by atoms with E-state index in [1.54, 1.807) is 7.11 Å². The normalized spacial score (nSPS) is 16.6. The summed E-state index contributed by atoms with van der Waals surface area (Å²) in [7, 11) is 1.66. The van der Waals surface area contributed by atoms with E-state index < -0.39 is 5.60 Å². The van der Waals surface area contributed by atoms with E-state index in [1.807, 2.05) is 34.6 Å². The first-order chi connectivity index (χ1) is 9.23. The number of carbonyl (C=O) groups is 1. The van der Waals surface area contributed by atoms with Gasteiger partial charge in [-0.25, -0.2) is 0 Å². The highest BCUT2D eigenvalue weighted by atomic mass is 16.6. The van der Waals surface area contributed by atoms with Gasteiger partial charge in [-0.3, -0.25) is 4.79 Å². The summed E-state index contributed by atoms with van der Waals surface area (Å²) in [5, 5.41) is 0. The van der Waals surface area contributed by atoms with Gasteiger partial charge in [0.1, 0.15) is 5.60 Å². The Hall–Kier alpha value is -0.610. The van der Waals surface area contributed by atoms with Gasteiger partial charge in [0.15, 0.2) is 0 Å². The van der Waals surface area contributed by atoms with Crippen molar-refractivity contribution in [3.8, 4) is 0 Å². The van der Waals surface area contributed by atoms with Crippen molar-refractivity contribution in [2.45, 2.75) is 78.6 Å². The molecule has 0 N–H and O–H groups in total. The first-order valence-corrected chi connectivity index (χ1v) is 7.60. The molecular formula is C16H32O4. The highest BCUT2D eigenvalue weighted by Gasteiger charge is 2.26. The fourth-order valence-electron chi connectivity index (χ4n) is 1.75. The van der Waals surface area contributed by atoms with E-state index in [2.05, 4.69) is 6.92 Å². The molecule has 0 fully saturated rings. The average Bonchev–Trinajstić information content (AvgIpc) is 2.36. The van der Waals surface area contributed by atoms with E-state index in [9.17, 15) is 4.79 Å². The summed E-state index contributed by atoms with van der Waals surface area (Å²) in [6.07, 6.45) is 2.51. The number of rotatable bonds is 9. The third-order valence-electron chi connectivity index (χ3n) is 3.26. The minimum absolute atomic E-state index is 0.0681. The lowest BCUT2D eigenvalue weighted by Gasteiger charge is -2.26. The van der Waals surface area contributed by atoms with E-state index in [4.69, 9.17) is 14.2 Å². The van der Waals surface area contributed by atoms with Crippen molar-refractivity contribution in [3.05, 3.63) is 0 Å². The molecule has 0 saturated carbocycles. The van der Waals surface area contributed by atoms with Crippen molar-refractivity contribution in [2.75, 3.05) is 13.7 Å². The second-order valence-corrected chi connectivity index (χ2v) is 6.28. The van der Waals surface area contributed by atoms with E-state index in [0.29, 0.717) is 13.0 Å². The molecule has 0 aromatic heterocycles. The molecule has 0 aromatic carbocycles. The number of hydrogen-bond donors (Lipinski definition) is 0. The highest BCUT2D eigenvalue weighted by molar-refractivity contribution is 5.72. The molecule has 120 valence electrons. The van der Waals surface area contributed by atoms with Crippen molar-refractivity contribution in [1.82, 2.24) is 0 Å². The van der Waals surface area contributed by atoms with Crippen molar-refractivity contribution in [3.63, 3.8) is 0 Å². The molecule has 0 aliphatic heterocycles. The van der Waals surface area contributed by atoms with Crippen LogP contribution in [0.4, 0.5) is 0 Å². The smallest absolute Gasteiger partial charge is 0.309 e. The van der Waals surface area contributed by atoms with Gasteiger partial charge in [0.2, 0.25) is 0 Å². The van der Waals surface area contributed by atoms with Crippen molar-refractivity contribution in [1.29, 1.82) is 0 Å². The van der Waals surface area contributed by atoms with Crippen LogP contribution in [0.25, 0.3) is 0 Å². The molecule has 4 heteroatoms. The second-order valence-electron chi connectivity index (χ2n) is 6.28. The van der Waals surface area contributed by atoms with Gasteiger partial charge in [-0.2, -0.15) is 0 Å². The minimum Gasteiger partial charge on any atom is -0.460 e. The topological polar surface area (TPSA) is 44.8 Å². The van der Waals surface area contributed by atoms with Gasteiger partial charge in [0.05, 0.1) is 24.7 Å². The summed E-state index contributed by atoms with van der Waals surface area (Å²) in [6, 6.07) is 0. The molecule has 20 heavy (non-hydrogen) atoms. The van der Waals surface area contributed by atoms with Crippen LogP contribution < -0.4 is 0 Å². The number of esters is 1. The molecular weight excluding hydrogens is 256 g/mol. The quantitative estimate of drug-likeness (QED) is 0.608. The number of hydrogen-bond acceptors (Lipinski definition) is 4. The second kappa shape index (κ2) is 9.35. The van der Waals surface area contributed by atoms with Crippen molar-refractivity contribution < 1.29 is 19.0 Å². The van der Waals surface area contributed by atoms with Gasteiger partial charge in [0.25, 0.3) is 0 Å². The average molecular weight is 288 g/mol. The zero-order valence-corrected chi connectivity index (χ0v) is 14.2. The van der Waals surface area contributed by atoms with Crippen molar-refractivity contribution in [2.24, 2.45) is 5.92 Å². The van der Waals surface area contributed by atoms with Crippen LogP contribution in [-0.2, 0) is 19.0 Å². The minimum atomic E-state index is -0.444. The Bertz CT molecular complexity index is 270. The van der Waals surface area contributed by atoms with Gasteiger partial charge >= 0.3 is 5.97 Å². The molecule has 0 aromatic rings. The zero-order chi connectivity index (χ0) is 15.8. The predicted molar refractivity (Wildman–Crippen MR) is 80.7 cm³/mol. The molecule has 4 nitrogen and oxygen atoms in total. The van der Waals surface area contributed by atoms with Gasteiger partial charge in [-0.05, 0) is 47.0 Å². The molecule has 0 amide bonds. The Kier molecular flexibility index (Phi) is 9.06. The van der Waals surface area contributed by atoms with Crippen LogP contribution in [0.1, 0.15) is 60.8 Å². The Balaban J connectivity index is 4.39. The highest BCUT2D eigenvalue weighted by Crippen LogP contribution is 2.19. The lowest BCUT2D eigenvalue weighted by molar-refractivity contribution is -0.161. The predicted octanol–water partition coefficient (Wildman–Crippen LogP) is 3.57. The van der Waals surface area contributed by atoms with E-state index in [1.165, 1.54) is 0 Å². The molecule has 0 saturated heterocycles. The van der Waals surface area contributed by atoms with Crippen molar-refractivity contribution >= 4 is 5.97 Å². The Labute approximate surface area is 124 Å². The summed E-state index contributed by atoms with van der Waals surface area (Å²) >= 11 is 0. The lowest BCUT2D eigenvalue weighted by Crippen LogP contribution is -2.32. The monoisotopic (exact) mass is 288 g/mol. The first-order valence-electron chi connectivity index (χ1n) is 7.60. The van der Waals surface area contributed by atoms with Gasteiger partial charge in [-0.1, -0.05) is 13.8 Å². The molecule has 0 rings (SSSR count). The van der Waals surface area contributed by atoms with E-state index >= 15 is 0 Å². The van der Waals surface area contributed by atoms with Crippen LogP contribution in [0.5, 0.6) is 0 Å². The fourth-order valence-corrected chi connectivity index (χ4v) is 1.75. The summed E-state index contributed by atoms with van der Waals surface area (Å²) in [5.74, 6) is -0.287. The van der Waals surface area contributed by atoms with E-state index in [-0.39, 0.29) is 24.1 Å². The summed E-state index contributed by atoms with van der Waals surface area (Å²) < 4.78 is 16.6. The van der Waals surface area contributed by atoms with Gasteiger partial charge < -0.3 is 14.2 Å². The summed E-state index contributed by atoms with van der Waals surface area (Å²) in [4.78, 5) is 12.1. The molecule has 2 unspecified atom stereocenters. The summed E-state index contributed by atoms with van der Waals surface area (Å²) in [5.41, 5.74) is -0.444. The van der Waals surface area contributed by atoms with Crippen LogP contribution in [0.15, 0.2) is 0 Å². The van der Waals surface area contributed by atoms with Crippen LogP contribution in [0, 0.1) is 5.92 Å². The Morgan fingerprint density at radius 1 is 1.15 bits per heavy atom. The van der Waals surface area contributed by atoms with Crippen LogP contribution in [0.2, 0.25) is 0 Å². The molecule has 0 heterocycles. The SMILES string of the molecule is CCC(CC(CO[C@H](C)CC)OC)C(=O)OC(C)(C)C. The van der Waals surface area contributed by atoms with Crippen LogP contribution in [0.3, 0.4) is 0 Å². The van der Waals surface area contributed by atoms with E-state index in [0.717, 1.165) is 12.8 Å². The maximum atomic E-state index is 12.1. The molecule has 0 aliphatic rings. The largest absolute Gasteiger partial charge is 0.460 e. The maximum Gasteiger partial charge on any atom is 0.309 e. The zero-order valence-electron chi connectivity index (χ0n) is 14.2. The third kappa shape index (κ3) is 8.54. The van der Waals surface area contributed by atoms with Crippen LogP contribution >= 0.6 is 0 Å².